The minimum absolute atomic E-state index is 0.0706. The Morgan fingerprint density at radius 3 is 2.38 bits per heavy atom. The summed E-state index contributed by atoms with van der Waals surface area (Å²) < 4.78 is 13.0. The van der Waals surface area contributed by atoms with Crippen LogP contribution in [-0.2, 0) is 4.79 Å². The second-order valence-electron chi connectivity index (χ2n) is 6.34. The third-order valence-electron chi connectivity index (χ3n) is 4.52. The van der Waals surface area contributed by atoms with E-state index in [-0.39, 0.29) is 11.7 Å². The Labute approximate surface area is 153 Å². The number of hydrogen-bond donors (Lipinski definition) is 1. The number of nitrogens with zero attached hydrogens (tertiary/aromatic N) is 2. The molecule has 1 aliphatic heterocycles. The lowest BCUT2D eigenvalue weighted by Crippen LogP contribution is -2.48. The molecule has 1 fully saturated rings. The molecular formula is C21H24FN3O. The van der Waals surface area contributed by atoms with Crippen molar-refractivity contribution >= 4 is 17.7 Å². The molecule has 4 nitrogen and oxygen atoms in total. The molecule has 5 heteroatoms. The summed E-state index contributed by atoms with van der Waals surface area (Å²) in [5.41, 5.74) is 2.07. The van der Waals surface area contributed by atoms with Gasteiger partial charge < -0.3 is 10.2 Å². The van der Waals surface area contributed by atoms with Gasteiger partial charge in [-0.3, -0.25) is 9.69 Å². The number of piperazine rings is 1. The minimum Gasteiger partial charge on any atom is -0.369 e. The molecule has 2 aromatic rings. The zero-order valence-corrected chi connectivity index (χ0v) is 14.8. The summed E-state index contributed by atoms with van der Waals surface area (Å²) in [6.45, 7) is 5.16. The van der Waals surface area contributed by atoms with Gasteiger partial charge in [0.25, 0.3) is 0 Å². The highest BCUT2D eigenvalue weighted by molar-refractivity contribution is 5.91. The monoisotopic (exact) mass is 353 g/mol. The van der Waals surface area contributed by atoms with Crippen molar-refractivity contribution < 1.29 is 9.18 Å². The van der Waals surface area contributed by atoms with E-state index in [1.54, 1.807) is 6.08 Å². The quantitative estimate of drug-likeness (QED) is 0.811. The molecule has 0 saturated carbocycles. The molecule has 0 radical (unpaired) electrons. The lowest BCUT2D eigenvalue weighted by Gasteiger charge is -2.36. The van der Waals surface area contributed by atoms with E-state index < -0.39 is 0 Å². The zero-order chi connectivity index (χ0) is 18.2. The van der Waals surface area contributed by atoms with E-state index in [9.17, 15) is 9.18 Å². The number of halogens is 1. The Bertz CT molecular complexity index is 723. The van der Waals surface area contributed by atoms with Gasteiger partial charge in [-0.2, -0.15) is 0 Å². The highest BCUT2D eigenvalue weighted by atomic mass is 19.1. The Morgan fingerprint density at radius 1 is 1.00 bits per heavy atom. The predicted octanol–water partition coefficient (Wildman–Crippen LogP) is 2.78. The van der Waals surface area contributed by atoms with Crippen molar-refractivity contribution in [2.45, 2.75) is 0 Å². The summed E-state index contributed by atoms with van der Waals surface area (Å²) in [6.07, 6.45) is 3.39. The first-order chi connectivity index (χ1) is 12.7. The number of rotatable bonds is 6. The van der Waals surface area contributed by atoms with Gasteiger partial charge in [-0.25, -0.2) is 4.39 Å². The third-order valence-corrected chi connectivity index (χ3v) is 4.52. The van der Waals surface area contributed by atoms with E-state index in [0.29, 0.717) is 6.54 Å². The third kappa shape index (κ3) is 5.43. The van der Waals surface area contributed by atoms with Crippen molar-refractivity contribution in [3.63, 3.8) is 0 Å². The van der Waals surface area contributed by atoms with Crippen LogP contribution in [0, 0.1) is 5.82 Å². The first-order valence-electron chi connectivity index (χ1n) is 8.94. The Hall–Kier alpha value is -2.66. The number of amides is 1. The molecule has 1 aliphatic rings. The van der Waals surface area contributed by atoms with Gasteiger partial charge in [0.15, 0.2) is 0 Å². The Morgan fingerprint density at radius 2 is 1.69 bits per heavy atom. The van der Waals surface area contributed by atoms with Crippen LogP contribution in [0.3, 0.4) is 0 Å². The van der Waals surface area contributed by atoms with Crippen LogP contribution in [0.5, 0.6) is 0 Å². The fourth-order valence-corrected chi connectivity index (χ4v) is 3.01. The van der Waals surface area contributed by atoms with E-state index in [0.717, 1.165) is 44.0 Å². The number of anilines is 1. The number of nitrogens with one attached hydrogen (secondary N) is 1. The van der Waals surface area contributed by atoms with E-state index in [2.05, 4.69) is 15.1 Å². The van der Waals surface area contributed by atoms with E-state index in [1.165, 1.54) is 12.1 Å². The SMILES string of the molecule is O=C(/C=C/c1ccccc1)NCCN1CCN(c2ccc(F)cc2)CC1. The average Bonchev–Trinajstić information content (AvgIpc) is 2.68. The maximum Gasteiger partial charge on any atom is 0.244 e. The van der Waals surface area contributed by atoms with Gasteiger partial charge in [0, 0.05) is 51.0 Å². The van der Waals surface area contributed by atoms with Crippen LogP contribution < -0.4 is 10.2 Å². The Balaban J connectivity index is 1.35. The van der Waals surface area contributed by atoms with Gasteiger partial charge in [0.1, 0.15) is 5.82 Å². The van der Waals surface area contributed by atoms with Gasteiger partial charge >= 0.3 is 0 Å². The van der Waals surface area contributed by atoms with Gasteiger partial charge in [0.2, 0.25) is 5.91 Å². The summed E-state index contributed by atoms with van der Waals surface area (Å²) in [6, 6.07) is 16.4. The second-order valence-corrected chi connectivity index (χ2v) is 6.34. The molecule has 0 unspecified atom stereocenters. The molecule has 1 heterocycles. The molecule has 26 heavy (non-hydrogen) atoms. The summed E-state index contributed by atoms with van der Waals surface area (Å²) in [5.74, 6) is -0.275. The number of carbonyl (C=O) groups is 1. The van der Waals surface area contributed by atoms with Crippen LogP contribution >= 0.6 is 0 Å². The van der Waals surface area contributed by atoms with Crippen molar-refractivity contribution in [1.82, 2.24) is 10.2 Å². The summed E-state index contributed by atoms with van der Waals surface area (Å²) in [5, 5.41) is 2.93. The molecule has 0 spiro atoms. The topological polar surface area (TPSA) is 35.6 Å². The van der Waals surface area contributed by atoms with Crippen molar-refractivity contribution in [2.24, 2.45) is 0 Å². The van der Waals surface area contributed by atoms with Gasteiger partial charge in [-0.15, -0.1) is 0 Å². The van der Waals surface area contributed by atoms with Gasteiger partial charge in [-0.05, 0) is 35.9 Å². The summed E-state index contributed by atoms with van der Waals surface area (Å²) in [4.78, 5) is 16.5. The van der Waals surface area contributed by atoms with Crippen LogP contribution in [0.2, 0.25) is 0 Å². The van der Waals surface area contributed by atoms with Crippen LogP contribution in [0.1, 0.15) is 5.56 Å². The summed E-state index contributed by atoms with van der Waals surface area (Å²) >= 11 is 0. The average molecular weight is 353 g/mol. The molecule has 0 aromatic heterocycles. The summed E-state index contributed by atoms with van der Waals surface area (Å²) in [7, 11) is 0. The highest BCUT2D eigenvalue weighted by Crippen LogP contribution is 2.16. The lowest BCUT2D eigenvalue weighted by molar-refractivity contribution is -0.116. The Kier molecular flexibility index (Phi) is 6.39. The van der Waals surface area contributed by atoms with Crippen LogP contribution in [0.15, 0.2) is 60.7 Å². The maximum atomic E-state index is 13.0. The standard InChI is InChI=1S/C21H24FN3O/c22-19-7-9-20(10-8-19)25-16-14-24(15-17-25)13-12-23-21(26)11-6-18-4-2-1-3-5-18/h1-11H,12-17H2,(H,23,26)/b11-6+. The molecule has 3 rings (SSSR count). The molecule has 1 N–H and O–H groups in total. The lowest BCUT2D eigenvalue weighted by atomic mass is 10.2. The molecule has 2 aromatic carbocycles. The second kappa shape index (κ2) is 9.15. The van der Waals surface area contributed by atoms with Crippen molar-refractivity contribution in [1.29, 1.82) is 0 Å². The molecule has 0 atom stereocenters. The fraction of sp³-hybridized carbons (Fsp3) is 0.286. The number of benzene rings is 2. The number of hydrogen-bond acceptors (Lipinski definition) is 3. The van der Waals surface area contributed by atoms with Crippen LogP contribution in [0.25, 0.3) is 6.08 Å². The van der Waals surface area contributed by atoms with E-state index in [4.69, 9.17) is 0 Å². The normalized spacial score (nSPS) is 15.3. The largest absolute Gasteiger partial charge is 0.369 e. The molecule has 1 amide bonds. The van der Waals surface area contributed by atoms with Crippen LogP contribution in [0.4, 0.5) is 10.1 Å². The molecular weight excluding hydrogens is 329 g/mol. The van der Waals surface area contributed by atoms with Crippen molar-refractivity contribution in [2.75, 3.05) is 44.2 Å². The zero-order valence-electron chi connectivity index (χ0n) is 14.8. The highest BCUT2D eigenvalue weighted by Gasteiger charge is 2.16. The van der Waals surface area contributed by atoms with E-state index >= 15 is 0 Å². The minimum atomic E-state index is -0.204. The molecule has 0 aliphatic carbocycles. The van der Waals surface area contributed by atoms with E-state index in [1.807, 2.05) is 48.5 Å². The first kappa shape index (κ1) is 18.1. The number of carbonyl (C=O) groups excluding carboxylic acids is 1. The van der Waals surface area contributed by atoms with Crippen molar-refractivity contribution in [3.05, 3.63) is 72.1 Å². The first-order valence-corrected chi connectivity index (χ1v) is 8.94. The van der Waals surface area contributed by atoms with Gasteiger partial charge in [0.05, 0.1) is 0 Å². The smallest absolute Gasteiger partial charge is 0.244 e. The molecule has 0 bridgehead atoms. The predicted molar refractivity (Wildman–Crippen MR) is 104 cm³/mol. The van der Waals surface area contributed by atoms with Crippen molar-refractivity contribution in [3.8, 4) is 0 Å². The maximum absolute atomic E-state index is 13.0. The molecule has 1 saturated heterocycles. The van der Waals surface area contributed by atoms with Gasteiger partial charge in [-0.1, -0.05) is 30.3 Å². The molecule has 136 valence electrons. The fourth-order valence-electron chi connectivity index (χ4n) is 3.01. The van der Waals surface area contributed by atoms with Crippen LogP contribution in [-0.4, -0.2) is 50.1 Å².